The smallest absolute Gasteiger partial charge is 0.257 e. The minimum Gasteiger partial charge on any atom is -0.393 e. The number of pyridine rings is 1. The van der Waals surface area contributed by atoms with E-state index >= 15 is 0 Å². The zero-order valence-corrected chi connectivity index (χ0v) is 18.4. The Kier molecular flexibility index (Phi) is 7.44. The Bertz CT molecular complexity index is 1080. The molecule has 0 saturated carbocycles. The van der Waals surface area contributed by atoms with Gasteiger partial charge < -0.3 is 15.7 Å². The number of nitrogens with one attached hydrogen (secondary N) is 2. The molecular weight excluding hydrogens is 416 g/mol. The van der Waals surface area contributed by atoms with Crippen LogP contribution in [0.1, 0.15) is 44.7 Å². The van der Waals surface area contributed by atoms with Crippen LogP contribution in [0.2, 0.25) is 0 Å². The minimum atomic E-state index is -0.276. The molecule has 3 N–H and O–H groups in total. The fourth-order valence-corrected chi connectivity index (χ4v) is 3.82. The number of piperidine rings is 1. The molecule has 2 amide bonds. The van der Waals surface area contributed by atoms with Gasteiger partial charge in [0.05, 0.1) is 11.7 Å². The minimum absolute atomic E-state index is 0.162. The summed E-state index contributed by atoms with van der Waals surface area (Å²) < 4.78 is 0. The molecule has 0 atom stereocenters. The Balaban J connectivity index is 1.29. The van der Waals surface area contributed by atoms with Crippen LogP contribution in [0, 0.1) is 0 Å². The molecule has 2 aromatic carbocycles. The van der Waals surface area contributed by atoms with E-state index in [9.17, 15) is 14.7 Å². The van der Waals surface area contributed by atoms with E-state index in [2.05, 4.69) is 32.7 Å². The molecular formula is C26H28N4O3. The summed E-state index contributed by atoms with van der Waals surface area (Å²) in [6.07, 6.45) is 4.60. The molecule has 1 aliphatic rings. The Morgan fingerprint density at radius 1 is 0.939 bits per heavy atom. The summed E-state index contributed by atoms with van der Waals surface area (Å²) in [5.41, 5.74) is 3.71. The summed E-state index contributed by atoms with van der Waals surface area (Å²) >= 11 is 0. The van der Waals surface area contributed by atoms with Gasteiger partial charge in [-0.15, -0.1) is 0 Å². The fraction of sp³-hybridized carbons (Fsp3) is 0.269. The molecule has 0 aliphatic carbocycles. The number of rotatable bonds is 7. The molecule has 2 heterocycles. The number of carbonyl (C=O) groups is 2. The standard InChI is InChI=1S/C26H28N4O3/c31-24-10-13-30(14-11-24)18-20-8-6-19(7-9-20)16-28-25(32)21-3-1-5-23(15-21)29-26(33)22-4-2-12-27-17-22/h1-9,12,15,17,24,31H,10-11,13-14,16,18H2,(H,28,32)(H,29,33). The van der Waals surface area contributed by atoms with Crippen LogP contribution in [0.4, 0.5) is 5.69 Å². The molecule has 4 rings (SSSR count). The lowest BCUT2D eigenvalue weighted by molar-refractivity contribution is 0.0792. The van der Waals surface area contributed by atoms with Crippen molar-refractivity contribution in [2.45, 2.75) is 32.0 Å². The van der Waals surface area contributed by atoms with Gasteiger partial charge in [-0.3, -0.25) is 19.5 Å². The van der Waals surface area contributed by atoms with E-state index in [0.29, 0.717) is 23.4 Å². The average Bonchev–Trinajstić information content (AvgIpc) is 2.85. The number of aromatic nitrogens is 1. The van der Waals surface area contributed by atoms with Crippen molar-refractivity contribution in [1.29, 1.82) is 0 Å². The Morgan fingerprint density at radius 3 is 2.39 bits per heavy atom. The third kappa shape index (κ3) is 6.47. The quantitative estimate of drug-likeness (QED) is 0.520. The summed E-state index contributed by atoms with van der Waals surface area (Å²) in [7, 11) is 0. The first-order valence-corrected chi connectivity index (χ1v) is 11.1. The van der Waals surface area contributed by atoms with Crippen LogP contribution in [0.3, 0.4) is 0 Å². The number of benzene rings is 2. The first-order valence-electron chi connectivity index (χ1n) is 11.1. The van der Waals surface area contributed by atoms with Gasteiger partial charge in [0, 0.05) is 49.8 Å². The van der Waals surface area contributed by atoms with Gasteiger partial charge in [0.2, 0.25) is 0 Å². The highest BCUT2D eigenvalue weighted by Crippen LogP contribution is 2.15. The van der Waals surface area contributed by atoms with Crippen molar-refractivity contribution in [3.63, 3.8) is 0 Å². The molecule has 1 aromatic heterocycles. The van der Waals surface area contributed by atoms with E-state index in [1.165, 1.54) is 11.8 Å². The molecule has 1 aliphatic heterocycles. The summed E-state index contributed by atoms with van der Waals surface area (Å²) in [6, 6.07) is 18.5. The molecule has 7 nitrogen and oxygen atoms in total. The zero-order valence-electron chi connectivity index (χ0n) is 18.4. The van der Waals surface area contributed by atoms with E-state index in [0.717, 1.165) is 38.0 Å². The predicted molar refractivity (Wildman–Crippen MR) is 127 cm³/mol. The van der Waals surface area contributed by atoms with Crippen LogP contribution in [-0.2, 0) is 13.1 Å². The molecule has 0 radical (unpaired) electrons. The second-order valence-corrected chi connectivity index (χ2v) is 8.28. The lowest BCUT2D eigenvalue weighted by atomic mass is 10.1. The second-order valence-electron chi connectivity index (χ2n) is 8.28. The van der Waals surface area contributed by atoms with Crippen LogP contribution < -0.4 is 10.6 Å². The van der Waals surface area contributed by atoms with Gasteiger partial charge in [-0.05, 0) is 54.3 Å². The lowest BCUT2D eigenvalue weighted by Gasteiger charge is -2.29. The van der Waals surface area contributed by atoms with Gasteiger partial charge >= 0.3 is 0 Å². The van der Waals surface area contributed by atoms with Crippen molar-refractivity contribution in [1.82, 2.24) is 15.2 Å². The van der Waals surface area contributed by atoms with Crippen LogP contribution >= 0.6 is 0 Å². The topological polar surface area (TPSA) is 94.6 Å². The normalized spacial score (nSPS) is 14.6. The number of carbonyl (C=O) groups excluding carboxylic acids is 2. The van der Waals surface area contributed by atoms with Crippen molar-refractivity contribution in [3.8, 4) is 0 Å². The third-order valence-corrected chi connectivity index (χ3v) is 5.75. The predicted octanol–water partition coefficient (Wildman–Crippen LogP) is 3.22. The van der Waals surface area contributed by atoms with Crippen molar-refractivity contribution >= 4 is 17.5 Å². The average molecular weight is 445 g/mol. The summed E-state index contributed by atoms with van der Waals surface area (Å²) in [4.78, 5) is 31.2. The summed E-state index contributed by atoms with van der Waals surface area (Å²) in [5.74, 6) is -0.482. The molecule has 0 bridgehead atoms. The summed E-state index contributed by atoms with van der Waals surface area (Å²) in [5, 5.41) is 15.4. The van der Waals surface area contributed by atoms with Gasteiger partial charge in [0.1, 0.15) is 0 Å². The number of nitrogens with zero attached hydrogens (tertiary/aromatic N) is 2. The SMILES string of the molecule is O=C(NCc1ccc(CN2CCC(O)CC2)cc1)c1cccc(NC(=O)c2cccnc2)c1. The van der Waals surface area contributed by atoms with Crippen molar-refractivity contribution < 1.29 is 14.7 Å². The Labute approximate surface area is 193 Å². The molecule has 170 valence electrons. The lowest BCUT2D eigenvalue weighted by Crippen LogP contribution is -2.35. The maximum absolute atomic E-state index is 12.6. The number of aliphatic hydroxyl groups is 1. The highest BCUT2D eigenvalue weighted by atomic mass is 16.3. The van der Waals surface area contributed by atoms with Crippen molar-refractivity contribution in [3.05, 3.63) is 95.3 Å². The van der Waals surface area contributed by atoms with Gasteiger partial charge in [-0.25, -0.2) is 0 Å². The van der Waals surface area contributed by atoms with E-state index in [-0.39, 0.29) is 17.9 Å². The maximum atomic E-state index is 12.6. The van der Waals surface area contributed by atoms with Crippen LogP contribution in [0.5, 0.6) is 0 Å². The Hall–Kier alpha value is -3.55. The van der Waals surface area contributed by atoms with Gasteiger partial charge in [-0.2, -0.15) is 0 Å². The van der Waals surface area contributed by atoms with Crippen molar-refractivity contribution in [2.24, 2.45) is 0 Å². The molecule has 7 heteroatoms. The van der Waals surface area contributed by atoms with E-state index < -0.39 is 0 Å². The number of aliphatic hydroxyl groups excluding tert-OH is 1. The monoisotopic (exact) mass is 444 g/mol. The van der Waals surface area contributed by atoms with E-state index in [1.54, 1.807) is 42.6 Å². The van der Waals surface area contributed by atoms with Gasteiger partial charge in [-0.1, -0.05) is 30.3 Å². The number of amides is 2. The van der Waals surface area contributed by atoms with E-state index in [4.69, 9.17) is 0 Å². The maximum Gasteiger partial charge on any atom is 0.257 e. The Morgan fingerprint density at radius 2 is 1.67 bits per heavy atom. The first-order chi connectivity index (χ1) is 16.1. The summed E-state index contributed by atoms with van der Waals surface area (Å²) in [6.45, 7) is 3.12. The zero-order chi connectivity index (χ0) is 23.0. The number of likely N-dealkylation sites (tertiary alicyclic amines) is 1. The third-order valence-electron chi connectivity index (χ3n) is 5.75. The van der Waals surface area contributed by atoms with Crippen molar-refractivity contribution in [2.75, 3.05) is 18.4 Å². The second kappa shape index (κ2) is 10.8. The highest BCUT2D eigenvalue weighted by Gasteiger charge is 2.16. The first kappa shape index (κ1) is 22.6. The molecule has 3 aromatic rings. The van der Waals surface area contributed by atoms with Gasteiger partial charge in [0.25, 0.3) is 11.8 Å². The highest BCUT2D eigenvalue weighted by molar-refractivity contribution is 6.04. The van der Waals surface area contributed by atoms with E-state index in [1.807, 2.05) is 12.1 Å². The molecule has 1 saturated heterocycles. The van der Waals surface area contributed by atoms with Crippen LogP contribution in [0.25, 0.3) is 0 Å². The number of hydrogen-bond acceptors (Lipinski definition) is 5. The fourth-order valence-electron chi connectivity index (χ4n) is 3.82. The molecule has 1 fully saturated rings. The largest absolute Gasteiger partial charge is 0.393 e. The molecule has 0 unspecified atom stereocenters. The molecule has 0 spiro atoms. The number of anilines is 1. The van der Waals surface area contributed by atoms with Gasteiger partial charge in [0.15, 0.2) is 0 Å². The number of hydrogen-bond donors (Lipinski definition) is 3. The van der Waals surface area contributed by atoms with Crippen LogP contribution in [-0.4, -0.2) is 46.0 Å². The van der Waals surface area contributed by atoms with Crippen LogP contribution in [0.15, 0.2) is 73.1 Å². The molecule has 33 heavy (non-hydrogen) atoms.